The molecule has 1 heterocycles. The zero-order valence-electron chi connectivity index (χ0n) is 7.25. The Morgan fingerprint density at radius 2 is 2.54 bits per heavy atom. The third kappa shape index (κ3) is 3.74. The second-order valence-electron chi connectivity index (χ2n) is 2.38. The minimum absolute atomic E-state index is 0.174. The number of ether oxygens (including phenoxy) is 1. The van der Waals surface area contributed by atoms with E-state index in [9.17, 15) is 4.79 Å². The van der Waals surface area contributed by atoms with Gasteiger partial charge >= 0.3 is 5.97 Å². The minimum Gasteiger partial charge on any atom is -0.466 e. The summed E-state index contributed by atoms with van der Waals surface area (Å²) in [6, 6.07) is 0. The van der Waals surface area contributed by atoms with E-state index < -0.39 is 0 Å². The van der Waals surface area contributed by atoms with Crippen molar-refractivity contribution in [3.05, 3.63) is 15.5 Å². The van der Waals surface area contributed by atoms with Crippen LogP contribution in [0.1, 0.15) is 18.2 Å². The highest BCUT2D eigenvalue weighted by molar-refractivity contribution is 7.15. The summed E-state index contributed by atoms with van der Waals surface area (Å²) in [7, 11) is 0. The fourth-order valence-electron chi connectivity index (χ4n) is 0.858. The number of thiazole rings is 1. The summed E-state index contributed by atoms with van der Waals surface area (Å²) < 4.78 is 5.30. The van der Waals surface area contributed by atoms with E-state index >= 15 is 0 Å². The fraction of sp³-hybridized carbons (Fsp3) is 0.500. The maximum atomic E-state index is 11.0. The van der Waals surface area contributed by atoms with Crippen molar-refractivity contribution in [3.63, 3.8) is 0 Å². The van der Waals surface area contributed by atoms with E-state index in [-0.39, 0.29) is 5.97 Å². The molecule has 0 N–H and O–H groups in total. The summed E-state index contributed by atoms with van der Waals surface area (Å²) in [5, 5.41) is 0. The number of halogens is 1. The van der Waals surface area contributed by atoms with Crippen molar-refractivity contribution in [2.75, 3.05) is 6.61 Å². The van der Waals surface area contributed by atoms with Crippen LogP contribution >= 0.6 is 22.9 Å². The van der Waals surface area contributed by atoms with Crippen LogP contribution in [0.5, 0.6) is 0 Å². The van der Waals surface area contributed by atoms with Gasteiger partial charge in [0.25, 0.3) is 0 Å². The second kappa shape index (κ2) is 5.19. The molecule has 0 aliphatic heterocycles. The van der Waals surface area contributed by atoms with Crippen LogP contribution in [0, 0.1) is 0 Å². The topological polar surface area (TPSA) is 39.2 Å². The summed E-state index contributed by atoms with van der Waals surface area (Å²) >= 11 is 7.02. The van der Waals surface area contributed by atoms with E-state index in [4.69, 9.17) is 16.3 Å². The number of rotatable bonds is 4. The molecule has 0 atom stereocenters. The molecule has 0 spiro atoms. The molecule has 1 aromatic rings. The highest BCUT2D eigenvalue weighted by Crippen LogP contribution is 2.18. The summed E-state index contributed by atoms with van der Waals surface area (Å²) in [6.07, 6.45) is 2.74. The van der Waals surface area contributed by atoms with Crippen LogP contribution in [0.25, 0.3) is 0 Å². The molecule has 0 bridgehead atoms. The number of esters is 1. The molecule has 0 unspecified atom stereocenters. The molecular formula is C8H10ClNO2S. The number of aromatic nitrogens is 1. The molecule has 72 valence electrons. The van der Waals surface area contributed by atoms with Crippen molar-refractivity contribution in [2.24, 2.45) is 0 Å². The van der Waals surface area contributed by atoms with Gasteiger partial charge in [-0.3, -0.25) is 4.79 Å². The molecule has 0 saturated carbocycles. The predicted molar refractivity (Wildman–Crippen MR) is 52.1 cm³/mol. The van der Waals surface area contributed by atoms with Crippen molar-refractivity contribution in [2.45, 2.75) is 19.8 Å². The van der Waals surface area contributed by atoms with Gasteiger partial charge in [-0.2, -0.15) is 0 Å². The zero-order valence-corrected chi connectivity index (χ0v) is 8.82. The highest BCUT2D eigenvalue weighted by atomic mass is 35.5. The van der Waals surface area contributed by atoms with Gasteiger partial charge in [0.15, 0.2) is 4.47 Å². The minimum atomic E-state index is -0.174. The normalized spacial score (nSPS) is 10.0. The molecular weight excluding hydrogens is 210 g/mol. The first-order valence-corrected chi connectivity index (χ1v) is 5.17. The molecule has 0 aliphatic carbocycles. The van der Waals surface area contributed by atoms with Crippen molar-refractivity contribution < 1.29 is 9.53 Å². The van der Waals surface area contributed by atoms with E-state index in [1.807, 2.05) is 0 Å². The van der Waals surface area contributed by atoms with Crippen LogP contribution in [0.2, 0.25) is 4.47 Å². The van der Waals surface area contributed by atoms with Crippen LogP contribution in [0.3, 0.4) is 0 Å². The number of carbonyl (C=O) groups is 1. The maximum absolute atomic E-state index is 11.0. The molecule has 0 radical (unpaired) electrons. The first-order chi connectivity index (χ1) is 6.22. The lowest BCUT2D eigenvalue weighted by atomic mass is 10.3. The van der Waals surface area contributed by atoms with E-state index in [1.165, 1.54) is 11.3 Å². The van der Waals surface area contributed by atoms with Gasteiger partial charge in [0.05, 0.1) is 13.0 Å². The Kier molecular flexibility index (Phi) is 4.18. The van der Waals surface area contributed by atoms with E-state index in [2.05, 4.69) is 4.98 Å². The third-order valence-electron chi connectivity index (χ3n) is 1.41. The standard InChI is InChI=1S/C8H10ClNO2S/c1-2-12-7(11)4-3-6-5-10-8(9)13-6/h5H,2-4H2,1H3. The van der Waals surface area contributed by atoms with E-state index in [0.717, 1.165) is 4.88 Å². The molecule has 0 aliphatic rings. The van der Waals surface area contributed by atoms with Gasteiger partial charge < -0.3 is 4.74 Å². The number of hydrogen-bond donors (Lipinski definition) is 0. The monoisotopic (exact) mass is 219 g/mol. The maximum Gasteiger partial charge on any atom is 0.306 e. The summed E-state index contributed by atoms with van der Waals surface area (Å²) in [4.78, 5) is 15.8. The number of hydrogen-bond acceptors (Lipinski definition) is 4. The van der Waals surface area contributed by atoms with Gasteiger partial charge in [0, 0.05) is 11.1 Å². The van der Waals surface area contributed by atoms with Crippen molar-refractivity contribution in [3.8, 4) is 0 Å². The average Bonchev–Trinajstić information content (AvgIpc) is 2.49. The number of carbonyl (C=O) groups excluding carboxylic acids is 1. The zero-order chi connectivity index (χ0) is 9.68. The van der Waals surface area contributed by atoms with Crippen molar-refractivity contribution in [1.29, 1.82) is 0 Å². The first kappa shape index (κ1) is 10.5. The van der Waals surface area contributed by atoms with Crippen LogP contribution < -0.4 is 0 Å². The Morgan fingerprint density at radius 1 is 1.77 bits per heavy atom. The Morgan fingerprint density at radius 3 is 3.08 bits per heavy atom. The van der Waals surface area contributed by atoms with Crippen LogP contribution in [0.4, 0.5) is 0 Å². The second-order valence-corrected chi connectivity index (χ2v) is 4.08. The fourth-order valence-corrected chi connectivity index (χ4v) is 1.84. The molecule has 0 fully saturated rings. The Balaban J connectivity index is 2.30. The van der Waals surface area contributed by atoms with Gasteiger partial charge in [-0.15, -0.1) is 11.3 Å². The Hall–Kier alpha value is -0.610. The molecule has 13 heavy (non-hydrogen) atoms. The quantitative estimate of drug-likeness (QED) is 0.730. The smallest absolute Gasteiger partial charge is 0.306 e. The van der Waals surface area contributed by atoms with Crippen molar-refractivity contribution in [1.82, 2.24) is 4.98 Å². The summed E-state index contributed by atoms with van der Waals surface area (Å²) in [6.45, 7) is 2.23. The molecule has 0 amide bonds. The average molecular weight is 220 g/mol. The number of aryl methyl sites for hydroxylation is 1. The SMILES string of the molecule is CCOC(=O)CCc1cnc(Cl)s1. The molecule has 1 rings (SSSR count). The molecule has 1 aromatic heterocycles. The Labute approximate surface area is 85.7 Å². The van der Waals surface area contributed by atoms with Gasteiger partial charge in [-0.05, 0) is 13.3 Å². The molecule has 0 aromatic carbocycles. The van der Waals surface area contributed by atoms with Gasteiger partial charge in [-0.1, -0.05) is 11.6 Å². The van der Waals surface area contributed by atoms with Crippen molar-refractivity contribution >= 4 is 28.9 Å². The lowest BCUT2D eigenvalue weighted by Gasteiger charge is -1.98. The first-order valence-electron chi connectivity index (χ1n) is 3.98. The number of nitrogens with zero attached hydrogens (tertiary/aromatic N) is 1. The predicted octanol–water partition coefficient (Wildman–Crippen LogP) is 2.29. The van der Waals surface area contributed by atoms with Crippen LogP contribution in [-0.2, 0) is 16.0 Å². The highest BCUT2D eigenvalue weighted by Gasteiger charge is 2.04. The van der Waals surface area contributed by atoms with Gasteiger partial charge in [-0.25, -0.2) is 4.98 Å². The van der Waals surface area contributed by atoms with Gasteiger partial charge in [0.2, 0.25) is 0 Å². The molecule has 3 nitrogen and oxygen atoms in total. The Bertz CT molecular complexity index is 287. The van der Waals surface area contributed by atoms with E-state index in [1.54, 1.807) is 13.1 Å². The third-order valence-corrected chi connectivity index (χ3v) is 2.58. The summed E-state index contributed by atoms with van der Waals surface area (Å²) in [5.74, 6) is -0.174. The van der Waals surface area contributed by atoms with Crippen LogP contribution in [0.15, 0.2) is 6.20 Å². The lowest BCUT2D eigenvalue weighted by Crippen LogP contribution is -2.04. The summed E-state index contributed by atoms with van der Waals surface area (Å²) in [5.41, 5.74) is 0. The van der Waals surface area contributed by atoms with Gasteiger partial charge in [0.1, 0.15) is 0 Å². The lowest BCUT2D eigenvalue weighted by molar-refractivity contribution is -0.143. The largest absolute Gasteiger partial charge is 0.466 e. The van der Waals surface area contributed by atoms with Crippen LogP contribution in [-0.4, -0.2) is 17.6 Å². The molecule has 5 heteroatoms. The van der Waals surface area contributed by atoms with E-state index in [0.29, 0.717) is 23.9 Å². The molecule has 0 saturated heterocycles.